The van der Waals surface area contributed by atoms with Crippen LogP contribution in [0.25, 0.3) is 12.2 Å². The van der Waals surface area contributed by atoms with Crippen molar-refractivity contribution < 1.29 is 4.79 Å². The Morgan fingerprint density at radius 2 is 1.71 bits per heavy atom. The summed E-state index contributed by atoms with van der Waals surface area (Å²) < 4.78 is 2.79. The van der Waals surface area contributed by atoms with Gasteiger partial charge in [-0.1, -0.05) is 54.6 Å². The predicted octanol–water partition coefficient (Wildman–Crippen LogP) is 2.25. The lowest BCUT2D eigenvalue weighted by molar-refractivity contribution is 0.106. The summed E-state index contributed by atoms with van der Waals surface area (Å²) in [6.45, 7) is 1.91. The van der Waals surface area contributed by atoms with Crippen LogP contribution < -0.4 is 14.8 Å². The fourth-order valence-electron chi connectivity index (χ4n) is 2.45. The number of hydrogen-bond donors (Lipinski definition) is 0. The largest absolute Gasteiger partial charge is 0.302 e. The van der Waals surface area contributed by atoms with Gasteiger partial charge in [-0.3, -0.25) is 9.59 Å². The van der Waals surface area contributed by atoms with Crippen molar-refractivity contribution in [2.75, 3.05) is 0 Å². The minimum Gasteiger partial charge on any atom is -0.302 e. The summed E-state index contributed by atoms with van der Waals surface area (Å²) in [6, 6.07) is 17.1. The van der Waals surface area contributed by atoms with Gasteiger partial charge in [-0.25, -0.2) is 0 Å². The molecule has 0 saturated carbocycles. The van der Waals surface area contributed by atoms with Gasteiger partial charge >= 0.3 is 0 Å². The van der Waals surface area contributed by atoms with Crippen molar-refractivity contribution >= 4 is 29.3 Å². The number of ketones is 1. The molecule has 0 bridgehead atoms. The van der Waals surface area contributed by atoms with E-state index in [4.69, 9.17) is 0 Å². The Labute approximate surface area is 143 Å². The van der Waals surface area contributed by atoms with Crippen molar-refractivity contribution in [3.05, 3.63) is 90.8 Å². The summed E-state index contributed by atoms with van der Waals surface area (Å²) in [5, 5.41) is 0. The lowest BCUT2D eigenvalue weighted by atomic mass is 10.1. The zero-order valence-corrected chi connectivity index (χ0v) is 14.3. The van der Waals surface area contributed by atoms with Crippen LogP contribution in [0.15, 0.2) is 59.4 Å². The van der Waals surface area contributed by atoms with E-state index in [1.165, 1.54) is 22.0 Å². The molecule has 0 amide bonds. The average molecular weight is 335 g/mol. The van der Waals surface area contributed by atoms with E-state index in [1.807, 2.05) is 61.5 Å². The Bertz CT molecular complexity index is 1060. The fourth-order valence-corrected chi connectivity index (χ4v) is 3.48. The van der Waals surface area contributed by atoms with Crippen LogP contribution in [0.5, 0.6) is 0 Å². The zero-order chi connectivity index (χ0) is 17.1. The van der Waals surface area contributed by atoms with Gasteiger partial charge in [0, 0.05) is 18.7 Å². The minimum atomic E-state index is -0.0901. The van der Waals surface area contributed by atoms with Crippen molar-refractivity contribution in [3.63, 3.8) is 0 Å². The van der Waals surface area contributed by atoms with Crippen LogP contribution in [0, 0.1) is 6.92 Å². The zero-order valence-electron chi connectivity index (χ0n) is 13.5. The molecule has 0 N–H and O–H groups in total. The van der Waals surface area contributed by atoms with E-state index in [-0.39, 0.29) is 11.3 Å². The standard InChI is InChI=1S/C20H17NO2S/c1-14-8-6-7-11-16(14)17(22)13-19-21(2)20(23)18(24-19)12-15-9-4-3-5-10-15/h3-13H,1-2H3. The van der Waals surface area contributed by atoms with Gasteiger partial charge in [0.25, 0.3) is 5.56 Å². The molecule has 4 heteroatoms. The topological polar surface area (TPSA) is 39.1 Å². The van der Waals surface area contributed by atoms with Gasteiger partial charge in [-0.05, 0) is 24.1 Å². The highest BCUT2D eigenvalue weighted by Gasteiger charge is 2.07. The first-order valence-corrected chi connectivity index (χ1v) is 8.42. The predicted molar refractivity (Wildman–Crippen MR) is 98.8 cm³/mol. The molecule has 24 heavy (non-hydrogen) atoms. The molecule has 0 spiro atoms. The van der Waals surface area contributed by atoms with Crippen LogP contribution in [0.1, 0.15) is 21.5 Å². The number of thiazole rings is 1. The first-order valence-electron chi connectivity index (χ1n) is 7.60. The van der Waals surface area contributed by atoms with Crippen molar-refractivity contribution in [1.29, 1.82) is 0 Å². The summed E-state index contributed by atoms with van der Waals surface area (Å²) in [6.07, 6.45) is 3.39. The van der Waals surface area contributed by atoms with E-state index >= 15 is 0 Å². The second kappa shape index (κ2) is 6.81. The summed E-state index contributed by atoms with van der Waals surface area (Å²) in [5.41, 5.74) is 2.46. The second-order valence-electron chi connectivity index (χ2n) is 5.55. The van der Waals surface area contributed by atoms with Crippen LogP contribution in [0.3, 0.4) is 0 Å². The molecule has 0 atom stereocenters. The maximum Gasteiger partial charge on any atom is 0.268 e. The van der Waals surface area contributed by atoms with Gasteiger partial charge < -0.3 is 4.57 Å². The van der Waals surface area contributed by atoms with Crippen LogP contribution in [0.2, 0.25) is 0 Å². The number of hydrogen-bond acceptors (Lipinski definition) is 3. The highest BCUT2D eigenvalue weighted by Crippen LogP contribution is 2.08. The molecule has 2 aromatic carbocycles. The summed E-state index contributed by atoms with van der Waals surface area (Å²) in [7, 11) is 1.69. The van der Waals surface area contributed by atoms with Crippen molar-refractivity contribution in [1.82, 2.24) is 4.57 Å². The minimum absolute atomic E-state index is 0.0868. The molecule has 0 aliphatic heterocycles. The Hall–Kier alpha value is -2.72. The first-order chi connectivity index (χ1) is 11.6. The number of rotatable bonds is 3. The highest BCUT2D eigenvalue weighted by molar-refractivity contribution is 7.07. The SMILES string of the molecule is Cc1ccccc1C(=O)C=c1sc(=Cc2ccccc2)c(=O)n1C. The Morgan fingerprint density at radius 3 is 2.42 bits per heavy atom. The molecule has 0 fully saturated rings. The van der Waals surface area contributed by atoms with Crippen LogP contribution >= 0.6 is 11.3 Å². The molecule has 0 aliphatic carbocycles. The van der Waals surface area contributed by atoms with E-state index in [0.29, 0.717) is 14.8 Å². The first kappa shape index (κ1) is 16.1. The molecule has 3 nitrogen and oxygen atoms in total. The molecule has 120 valence electrons. The number of carbonyl (C=O) groups excluding carboxylic acids is 1. The number of aromatic nitrogens is 1. The van der Waals surface area contributed by atoms with Crippen LogP contribution in [0.4, 0.5) is 0 Å². The van der Waals surface area contributed by atoms with Crippen LogP contribution in [-0.2, 0) is 7.05 Å². The summed E-state index contributed by atoms with van der Waals surface area (Å²) in [4.78, 5) is 24.9. The molecule has 3 rings (SSSR count). The van der Waals surface area contributed by atoms with Gasteiger partial charge in [0.1, 0.15) is 4.66 Å². The molecule has 1 aromatic heterocycles. The van der Waals surface area contributed by atoms with E-state index in [1.54, 1.807) is 13.1 Å². The Morgan fingerprint density at radius 1 is 1.04 bits per heavy atom. The van der Waals surface area contributed by atoms with Crippen molar-refractivity contribution in [3.8, 4) is 0 Å². The van der Waals surface area contributed by atoms with E-state index in [9.17, 15) is 9.59 Å². The maximum absolute atomic E-state index is 12.5. The molecule has 3 aromatic rings. The summed E-state index contributed by atoms with van der Waals surface area (Å²) in [5.74, 6) is -0.0868. The molecule has 0 radical (unpaired) electrons. The van der Waals surface area contributed by atoms with Gasteiger partial charge in [-0.15, -0.1) is 11.3 Å². The second-order valence-corrected chi connectivity index (χ2v) is 6.61. The maximum atomic E-state index is 12.5. The van der Waals surface area contributed by atoms with Crippen molar-refractivity contribution in [2.45, 2.75) is 6.92 Å². The third-order valence-electron chi connectivity index (χ3n) is 3.82. The number of nitrogens with zero attached hydrogens (tertiary/aromatic N) is 1. The molecule has 0 aliphatic rings. The van der Waals surface area contributed by atoms with E-state index in [0.717, 1.165) is 11.1 Å². The quantitative estimate of drug-likeness (QED) is 0.689. The number of Topliss-reactive ketones (excluding diaryl/α,β-unsaturated/α-hetero) is 1. The molecule has 0 unspecified atom stereocenters. The fraction of sp³-hybridized carbons (Fsp3) is 0.100. The third kappa shape index (κ3) is 3.29. The normalized spacial score (nSPS) is 12.6. The Balaban J connectivity index is 2.09. The lowest BCUT2D eigenvalue weighted by Crippen LogP contribution is -2.29. The van der Waals surface area contributed by atoms with Gasteiger partial charge in [0.05, 0.1) is 4.53 Å². The van der Waals surface area contributed by atoms with Gasteiger partial charge in [0.2, 0.25) is 0 Å². The average Bonchev–Trinajstić information content (AvgIpc) is 2.84. The van der Waals surface area contributed by atoms with E-state index in [2.05, 4.69) is 0 Å². The third-order valence-corrected chi connectivity index (χ3v) is 4.94. The van der Waals surface area contributed by atoms with Gasteiger partial charge in [0.15, 0.2) is 5.78 Å². The molecule has 0 saturated heterocycles. The number of benzene rings is 2. The summed E-state index contributed by atoms with van der Waals surface area (Å²) >= 11 is 1.33. The number of carbonyl (C=O) groups is 1. The molecule has 1 heterocycles. The molecular weight excluding hydrogens is 318 g/mol. The highest BCUT2D eigenvalue weighted by atomic mass is 32.1. The van der Waals surface area contributed by atoms with Crippen molar-refractivity contribution in [2.24, 2.45) is 7.05 Å². The van der Waals surface area contributed by atoms with Crippen LogP contribution in [-0.4, -0.2) is 10.4 Å². The number of aryl methyl sites for hydroxylation is 1. The Kier molecular flexibility index (Phi) is 4.58. The monoisotopic (exact) mass is 335 g/mol. The van der Waals surface area contributed by atoms with E-state index < -0.39 is 0 Å². The smallest absolute Gasteiger partial charge is 0.268 e. The van der Waals surface area contributed by atoms with Gasteiger partial charge in [-0.2, -0.15) is 0 Å². The molecular formula is C20H17NO2S. The lowest BCUT2D eigenvalue weighted by Gasteiger charge is -1.99.